The lowest BCUT2D eigenvalue weighted by molar-refractivity contribution is 0.306. The Labute approximate surface area is 109 Å². The molecule has 0 atom stereocenters. The van der Waals surface area contributed by atoms with E-state index in [0.717, 1.165) is 6.54 Å². The molecule has 0 bridgehead atoms. The van der Waals surface area contributed by atoms with Crippen molar-refractivity contribution >= 4 is 21.7 Å². The summed E-state index contributed by atoms with van der Waals surface area (Å²) in [6.07, 6.45) is 7.80. The van der Waals surface area contributed by atoms with Gasteiger partial charge in [0.2, 0.25) is 0 Å². The summed E-state index contributed by atoms with van der Waals surface area (Å²) >= 11 is 3.26. The Hall–Kier alpha value is -0.840. The average Bonchev–Trinajstić information content (AvgIpc) is 2.81. The predicted octanol–water partition coefficient (Wildman–Crippen LogP) is 2.91. The van der Waals surface area contributed by atoms with Gasteiger partial charge in [0.15, 0.2) is 0 Å². The molecule has 1 fully saturated rings. The normalized spacial score (nSPS) is 18.2. The van der Waals surface area contributed by atoms with E-state index in [1.807, 2.05) is 0 Å². The number of halogens is 1. The largest absolute Gasteiger partial charge is 0.368 e. The van der Waals surface area contributed by atoms with E-state index in [-0.39, 0.29) is 5.56 Å². The first-order valence-corrected chi connectivity index (χ1v) is 6.93. The minimum atomic E-state index is -0.139. The second kappa shape index (κ2) is 5.21. The fourth-order valence-corrected chi connectivity index (χ4v) is 2.91. The van der Waals surface area contributed by atoms with Crippen LogP contribution in [0, 0.1) is 5.41 Å². The summed E-state index contributed by atoms with van der Waals surface area (Å²) in [5.41, 5.74) is 0.253. The fourth-order valence-electron chi connectivity index (χ4n) is 2.56. The number of aromatic amines is 1. The van der Waals surface area contributed by atoms with Crippen molar-refractivity contribution in [2.45, 2.75) is 39.0 Å². The van der Waals surface area contributed by atoms with Crippen molar-refractivity contribution in [3.63, 3.8) is 0 Å². The molecule has 1 saturated carbocycles. The molecular formula is C12H18BrN3O. The van der Waals surface area contributed by atoms with Crippen LogP contribution < -0.4 is 10.9 Å². The van der Waals surface area contributed by atoms with Gasteiger partial charge in [-0.25, -0.2) is 4.98 Å². The molecule has 2 rings (SSSR count). The van der Waals surface area contributed by atoms with Gasteiger partial charge in [0.1, 0.15) is 10.3 Å². The summed E-state index contributed by atoms with van der Waals surface area (Å²) in [5, 5.41) is 3.31. The van der Waals surface area contributed by atoms with Crippen molar-refractivity contribution in [2.75, 3.05) is 11.9 Å². The van der Waals surface area contributed by atoms with Crippen LogP contribution in [0.4, 0.5) is 5.82 Å². The third-order valence-corrected chi connectivity index (χ3v) is 4.58. The van der Waals surface area contributed by atoms with Crippen molar-refractivity contribution in [2.24, 2.45) is 5.41 Å². The number of hydrogen-bond acceptors (Lipinski definition) is 3. The number of aromatic nitrogens is 2. The first-order chi connectivity index (χ1) is 8.17. The van der Waals surface area contributed by atoms with E-state index < -0.39 is 0 Å². The summed E-state index contributed by atoms with van der Waals surface area (Å²) in [5.74, 6) is 0.647. The van der Waals surface area contributed by atoms with Gasteiger partial charge in [0, 0.05) is 6.54 Å². The first-order valence-electron chi connectivity index (χ1n) is 6.14. The summed E-state index contributed by atoms with van der Waals surface area (Å²) in [4.78, 5) is 18.1. The van der Waals surface area contributed by atoms with Crippen molar-refractivity contribution in [3.05, 3.63) is 21.2 Å². The zero-order valence-electron chi connectivity index (χ0n) is 10.1. The van der Waals surface area contributed by atoms with Crippen LogP contribution in [0.25, 0.3) is 0 Å². The van der Waals surface area contributed by atoms with Crippen LogP contribution in [-0.2, 0) is 0 Å². The van der Waals surface area contributed by atoms with Crippen LogP contribution >= 0.6 is 15.9 Å². The molecule has 0 aromatic carbocycles. The van der Waals surface area contributed by atoms with Gasteiger partial charge in [-0.1, -0.05) is 19.8 Å². The highest BCUT2D eigenvalue weighted by Gasteiger charge is 2.31. The van der Waals surface area contributed by atoms with Crippen LogP contribution in [-0.4, -0.2) is 16.5 Å². The summed E-state index contributed by atoms with van der Waals surface area (Å²) in [7, 11) is 0. The highest BCUT2D eigenvalue weighted by atomic mass is 79.9. The molecule has 4 nitrogen and oxygen atoms in total. The smallest absolute Gasteiger partial charge is 0.267 e. The number of rotatable bonds is 4. The molecule has 0 amide bonds. The monoisotopic (exact) mass is 299 g/mol. The lowest BCUT2D eigenvalue weighted by Crippen LogP contribution is -2.27. The molecule has 0 unspecified atom stereocenters. The number of H-pyrrole nitrogens is 1. The number of nitrogens with zero attached hydrogens (tertiary/aromatic N) is 1. The zero-order valence-corrected chi connectivity index (χ0v) is 11.6. The van der Waals surface area contributed by atoms with E-state index in [0.29, 0.717) is 15.7 Å². The van der Waals surface area contributed by atoms with Gasteiger partial charge in [-0.05, 0) is 40.6 Å². The van der Waals surface area contributed by atoms with Gasteiger partial charge in [-0.15, -0.1) is 0 Å². The molecule has 94 valence electrons. The molecule has 2 N–H and O–H groups in total. The lowest BCUT2D eigenvalue weighted by atomic mass is 9.83. The van der Waals surface area contributed by atoms with E-state index in [2.05, 4.69) is 38.1 Å². The topological polar surface area (TPSA) is 57.8 Å². The van der Waals surface area contributed by atoms with Crippen molar-refractivity contribution < 1.29 is 0 Å². The van der Waals surface area contributed by atoms with Gasteiger partial charge >= 0.3 is 0 Å². The van der Waals surface area contributed by atoms with E-state index >= 15 is 0 Å². The van der Waals surface area contributed by atoms with Crippen LogP contribution in [0.2, 0.25) is 0 Å². The SMILES string of the molecule is CCC1(CNc2nc[nH]c(=O)c2Br)CCCC1. The van der Waals surface area contributed by atoms with E-state index in [1.54, 1.807) is 0 Å². The van der Waals surface area contributed by atoms with Crippen LogP contribution in [0.5, 0.6) is 0 Å². The third-order valence-electron chi connectivity index (χ3n) is 3.84. The maximum Gasteiger partial charge on any atom is 0.267 e. The van der Waals surface area contributed by atoms with Gasteiger partial charge < -0.3 is 10.3 Å². The second-order valence-electron chi connectivity index (χ2n) is 4.81. The molecule has 1 aliphatic carbocycles. The standard InChI is InChI=1S/C12H18BrN3O/c1-2-12(5-3-4-6-12)7-14-10-9(13)11(17)16-8-15-10/h8H,2-7H2,1H3,(H2,14,15,16,17). The van der Waals surface area contributed by atoms with Crippen molar-refractivity contribution in [1.29, 1.82) is 0 Å². The third kappa shape index (κ3) is 2.70. The molecule has 17 heavy (non-hydrogen) atoms. The second-order valence-corrected chi connectivity index (χ2v) is 5.60. The van der Waals surface area contributed by atoms with Gasteiger partial charge in [0.05, 0.1) is 6.33 Å². The van der Waals surface area contributed by atoms with E-state index in [9.17, 15) is 4.79 Å². The van der Waals surface area contributed by atoms with Crippen molar-refractivity contribution in [1.82, 2.24) is 9.97 Å². The Morgan fingerprint density at radius 3 is 2.88 bits per heavy atom. The Balaban J connectivity index is 2.06. The number of anilines is 1. The van der Waals surface area contributed by atoms with Gasteiger partial charge in [-0.2, -0.15) is 0 Å². The Morgan fingerprint density at radius 2 is 2.24 bits per heavy atom. The fraction of sp³-hybridized carbons (Fsp3) is 0.667. The lowest BCUT2D eigenvalue weighted by Gasteiger charge is -2.28. The molecule has 1 aromatic heterocycles. The molecule has 5 heteroatoms. The Kier molecular flexibility index (Phi) is 3.86. The zero-order chi connectivity index (χ0) is 12.3. The average molecular weight is 300 g/mol. The predicted molar refractivity (Wildman–Crippen MR) is 72.2 cm³/mol. The Morgan fingerprint density at radius 1 is 1.53 bits per heavy atom. The molecule has 0 radical (unpaired) electrons. The minimum absolute atomic E-state index is 0.139. The number of nitrogens with one attached hydrogen (secondary N) is 2. The molecular weight excluding hydrogens is 282 g/mol. The molecule has 1 heterocycles. The number of hydrogen-bond donors (Lipinski definition) is 2. The van der Waals surface area contributed by atoms with Crippen LogP contribution in [0.3, 0.4) is 0 Å². The van der Waals surface area contributed by atoms with Gasteiger partial charge in [0.25, 0.3) is 5.56 Å². The molecule has 0 aliphatic heterocycles. The molecule has 1 aromatic rings. The van der Waals surface area contributed by atoms with Gasteiger partial charge in [-0.3, -0.25) is 4.79 Å². The van der Waals surface area contributed by atoms with E-state index in [4.69, 9.17) is 0 Å². The minimum Gasteiger partial charge on any atom is -0.368 e. The highest BCUT2D eigenvalue weighted by Crippen LogP contribution is 2.40. The van der Waals surface area contributed by atoms with E-state index in [1.165, 1.54) is 38.4 Å². The molecule has 0 saturated heterocycles. The first kappa shape index (κ1) is 12.6. The Bertz CT molecular complexity index is 438. The molecule has 1 aliphatic rings. The maximum absolute atomic E-state index is 11.4. The van der Waals surface area contributed by atoms with Crippen LogP contribution in [0.15, 0.2) is 15.6 Å². The van der Waals surface area contributed by atoms with Crippen molar-refractivity contribution in [3.8, 4) is 0 Å². The highest BCUT2D eigenvalue weighted by molar-refractivity contribution is 9.10. The molecule has 0 spiro atoms. The maximum atomic E-state index is 11.4. The summed E-state index contributed by atoms with van der Waals surface area (Å²) in [6.45, 7) is 3.14. The quantitative estimate of drug-likeness (QED) is 0.899. The summed E-state index contributed by atoms with van der Waals surface area (Å²) < 4.78 is 0.490. The van der Waals surface area contributed by atoms with Crippen LogP contribution in [0.1, 0.15) is 39.0 Å². The summed E-state index contributed by atoms with van der Waals surface area (Å²) in [6, 6.07) is 0.